The Labute approximate surface area is 162 Å². The van der Waals surface area contributed by atoms with Crippen LogP contribution in [0.2, 0.25) is 0 Å². The number of piperidine rings is 1. The molecule has 0 radical (unpaired) electrons. The molecule has 0 saturated carbocycles. The van der Waals surface area contributed by atoms with Gasteiger partial charge in [0.1, 0.15) is 11.6 Å². The summed E-state index contributed by atoms with van der Waals surface area (Å²) in [6, 6.07) is 8.68. The molecule has 1 saturated heterocycles. The van der Waals surface area contributed by atoms with Crippen LogP contribution >= 0.6 is 0 Å². The number of carbonyl (C=O) groups excluding carboxylic acids is 1. The van der Waals surface area contributed by atoms with Crippen molar-refractivity contribution in [3.8, 4) is 0 Å². The smallest absolute Gasteiger partial charge is 0.257 e. The predicted octanol–water partition coefficient (Wildman–Crippen LogP) is 5.19. The SMILES string of the molecule is Cc1cc(F)ccc1Nc1c(C(=O)N2CCCCC2)cnc2ccc(F)cc12. The van der Waals surface area contributed by atoms with Crippen LogP contribution in [0, 0.1) is 18.6 Å². The van der Waals surface area contributed by atoms with Gasteiger partial charge in [0.2, 0.25) is 0 Å². The summed E-state index contributed by atoms with van der Waals surface area (Å²) >= 11 is 0. The van der Waals surface area contributed by atoms with Crippen molar-refractivity contribution in [2.75, 3.05) is 18.4 Å². The number of anilines is 2. The first-order chi connectivity index (χ1) is 13.5. The van der Waals surface area contributed by atoms with E-state index >= 15 is 0 Å². The average molecular weight is 381 g/mol. The Balaban J connectivity index is 1.84. The molecule has 1 aliphatic heterocycles. The van der Waals surface area contributed by atoms with Gasteiger partial charge in [-0.2, -0.15) is 0 Å². The van der Waals surface area contributed by atoms with Gasteiger partial charge >= 0.3 is 0 Å². The zero-order chi connectivity index (χ0) is 19.7. The molecule has 1 aromatic heterocycles. The number of benzene rings is 2. The fourth-order valence-electron chi connectivity index (χ4n) is 3.63. The molecule has 0 atom stereocenters. The van der Waals surface area contributed by atoms with Crippen molar-refractivity contribution in [1.29, 1.82) is 0 Å². The highest BCUT2D eigenvalue weighted by atomic mass is 19.1. The van der Waals surface area contributed by atoms with Gasteiger partial charge < -0.3 is 10.2 Å². The van der Waals surface area contributed by atoms with E-state index in [4.69, 9.17) is 0 Å². The van der Waals surface area contributed by atoms with Crippen LogP contribution in [0.5, 0.6) is 0 Å². The molecule has 28 heavy (non-hydrogen) atoms. The van der Waals surface area contributed by atoms with Crippen molar-refractivity contribution in [2.45, 2.75) is 26.2 Å². The Morgan fingerprint density at radius 1 is 1.04 bits per heavy atom. The van der Waals surface area contributed by atoms with Crippen molar-refractivity contribution in [2.24, 2.45) is 0 Å². The zero-order valence-corrected chi connectivity index (χ0v) is 15.6. The lowest BCUT2D eigenvalue weighted by Crippen LogP contribution is -2.36. The van der Waals surface area contributed by atoms with Crippen molar-refractivity contribution in [1.82, 2.24) is 9.88 Å². The number of hydrogen-bond donors (Lipinski definition) is 1. The van der Waals surface area contributed by atoms with E-state index in [9.17, 15) is 13.6 Å². The fourth-order valence-corrected chi connectivity index (χ4v) is 3.63. The van der Waals surface area contributed by atoms with Crippen LogP contribution in [-0.2, 0) is 0 Å². The third kappa shape index (κ3) is 3.54. The molecule has 6 heteroatoms. The van der Waals surface area contributed by atoms with E-state index in [1.165, 1.54) is 24.3 Å². The Kier molecular flexibility index (Phi) is 4.94. The molecular weight excluding hydrogens is 360 g/mol. The molecule has 0 bridgehead atoms. The highest BCUT2D eigenvalue weighted by Gasteiger charge is 2.23. The summed E-state index contributed by atoms with van der Waals surface area (Å²) in [5.74, 6) is -0.866. The first-order valence-electron chi connectivity index (χ1n) is 9.43. The van der Waals surface area contributed by atoms with Crippen LogP contribution in [0.25, 0.3) is 10.9 Å². The van der Waals surface area contributed by atoms with Gasteiger partial charge in [-0.1, -0.05) is 0 Å². The Bertz CT molecular complexity index is 1050. The number of nitrogens with one attached hydrogen (secondary N) is 1. The van der Waals surface area contributed by atoms with E-state index < -0.39 is 5.82 Å². The highest BCUT2D eigenvalue weighted by molar-refractivity contribution is 6.08. The summed E-state index contributed by atoms with van der Waals surface area (Å²) in [5, 5.41) is 3.76. The van der Waals surface area contributed by atoms with E-state index in [1.54, 1.807) is 25.3 Å². The fraction of sp³-hybridized carbons (Fsp3) is 0.273. The second-order valence-electron chi connectivity index (χ2n) is 7.15. The van der Waals surface area contributed by atoms with E-state index in [1.807, 2.05) is 4.90 Å². The van der Waals surface area contributed by atoms with Gasteiger partial charge in [-0.25, -0.2) is 8.78 Å². The maximum Gasteiger partial charge on any atom is 0.257 e. The van der Waals surface area contributed by atoms with E-state index in [-0.39, 0.29) is 11.7 Å². The highest BCUT2D eigenvalue weighted by Crippen LogP contribution is 2.32. The van der Waals surface area contributed by atoms with Crippen LogP contribution in [0.15, 0.2) is 42.6 Å². The van der Waals surface area contributed by atoms with Crippen LogP contribution in [0.4, 0.5) is 20.2 Å². The van der Waals surface area contributed by atoms with E-state index in [0.717, 1.165) is 19.3 Å². The molecule has 2 aromatic carbocycles. The number of rotatable bonds is 3. The summed E-state index contributed by atoms with van der Waals surface area (Å²) in [6.45, 7) is 3.19. The van der Waals surface area contributed by atoms with Crippen molar-refractivity contribution in [3.63, 3.8) is 0 Å². The Morgan fingerprint density at radius 3 is 2.50 bits per heavy atom. The Hall–Kier alpha value is -3.02. The topological polar surface area (TPSA) is 45.2 Å². The summed E-state index contributed by atoms with van der Waals surface area (Å²) in [6.07, 6.45) is 4.60. The van der Waals surface area contributed by atoms with Gasteiger partial charge in [0, 0.05) is 30.4 Å². The molecule has 3 aromatic rings. The first-order valence-corrected chi connectivity index (χ1v) is 9.43. The minimum Gasteiger partial charge on any atom is -0.354 e. The molecule has 2 heterocycles. The summed E-state index contributed by atoms with van der Waals surface area (Å²) < 4.78 is 27.5. The number of aromatic nitrogens is 1. The first kappa shape index (κ1) is 18.3. The zero-order valence-electron chi connectivity index (χ0n) is 15.6. The summed E-state index contributed by atoms with van der Waals surface area (Å²) in [4.78, 5) is 19.3. The van der Waals surface area contributed by atoms with Gasteiger partial charge in [-0.15, -0.1) is 0 Å². The molecule has 4 nitrogen and oxygen atoms in total. The van der Waals surface area contributed by atoms with Crippen LogP contribution in [-0.4, -0.2) is 28.9 Å². The number of carbonyl (C=O) groups is 1. The number of pyridine rings is 1. The van der Waals surface area contributed by atoms with Crippen molar-refractivity contribution >= 4 is 28.2 Å². The summed E-state index contributed by atoms with van der Waals surface area (Å²) in [5.41, 5.74) is 2.82. The molecule has 1 N–H and O–H groups in total. The molecule has 1 amide bonds. The number of amides is 1. The number of fused-ring (bicyclic) bond motifs is 1. The molecule has 0 unspecified atom stereocenters. The molecule has 0 spiro atoms. The third-order valence-corrected chi connectivity index (χ3v) is 5.15. The van der Waals surface area contributed by atoms with Gasteiger partial charge in [0.25, 0.3) is 5.91 Å². The standard InChI is InChI=1S/C22H21F2N3O/c1-14-11-15(23)5-7-19(14)26-21-17-12-16(24)6-8-20(17)25-13-18(21)22(28)27-9-3-2-4-10-27/h5-8,11-13H,2-4,9-10H2,1H3,(H,25,26). The minimum absolute atomic E-state index is 0.124. The lowest BCUT2D eigenvalue weighted by molar-refractivity contribution is 0.0725. The second-order valence-corrected chi connectivity index (χ2v) is 7.15. The maximum atomic E-state index is 14.0. The quantitative estimate of drug-likeness (QED) is 0.679. The average Bonchev–Trinajstić information content (AvgIpc) is 2.70. The molecule has 0 aliphatic carbocycles. The van der Waals surface area contributed by atoms with Crippen LogP contribution in [0.1, 0.15) is 35.2 Å². The van der Waals surface area contributed by atoms with Crippen molar-refractivity contribution < 1.29 is 13.6 Å². The van der Waals surface area contributed by atoms with E-state index in [0.29, 0.717) is 46.5 Å². The minimum atomic E-state index is -0.407. The Morgan fingerprint density at radius 2 is 1.75 bits per heavy atom. The number of halogens is 2. The maximum absolute atomic E-state index is 14.0. The molecule has 4 rings (SSSR count). The number of likely N-dealkylation sites (tertiary alicyclic amines) is 1. The van der Waals surface area contributed by atoms with Crippen molar-refractivity contribution in [3.05, 3.63) is 65.4 Å². The number of aryl methyl sites for hydroxylation is 1. The predicted molar refractivity (Wildman–Crippen MR) is 106 cm³/mol. The van der Waals surface area contributed by atoms with Crippen LogP contribution < -0.4 is 5.32 Å². The molecule has 1 fully saturated rings. The molecule has 1 aliphatic rings. The van der Waals surface area contributed by atoms with Gasteiger partial charge in [0.05, 0.1) is 16.8 Å². The molecular formula is C22H21F2N3O. The lowest BCUT2D eigenvalue weighted by Gasteiger charge is -2.28. The number of hydrogen-bond acceptors (Lipinski definition) is 3. The second kappa shape index (κ2) is 7.54. The van der Waals surface area contributed by atoms with Gasteiger partial charge in [-0.05, 0) is 68.1 Å². The van der Waals surface area contributed by atoms with Gasteiger partial charge in [-0.3, -0.25) is 9.78 Å². The van der Waals surface area contributed by atoms with Crippen LogP contribution in [0.3, 0.4) is 0 Å². The summed E-state index contributed by atoms with van der Waals surface area (Å²) in [7, 11) is 0. The molecule has 144 valence electrons. The third-order valence-electron chi connectivity index (χ3n) is 5.15. The lowest BCUT2D eigenvalue weighted by atomic mass is 10.0. The van der Waals surface area contributed by atoms with Gasteiger partial charge in [0.15, 0.2) is 0 Å². The number of nitrogens with zero attached hydrogens (tertiary/aromatic N) is 2. The monoisotopic (exact) mass is 381 g/mol. The largest absolute Gasteiger partial charge is 0.354 e. The normalized spacial score (nSPS) is 14.3. The van der Waals surface area contributed by atoms with E-state index in [2.05, 4.69) is 10.3 Å².